The van der Waals surface area contributed by atoms with E-state index in [4.69, 9.17) is 18.9 Å². The van der Waals surface area contributed by atoms with Crippen LogP contribution in [-0.4, -0.2) is 56.2 Å². The molecule has 1 fully saturated rings. The third-order valence-electron chi connectivity index (χ3n) is 5.73. The maximum atomic E-state index is 12.4. The molecule has 2 aliphatic rings. The van der Waals surface area contributed by atoms with Gasteiger partial charge in [-0.1, -0.05) is 0 Å². The van der Waals surface area contributed by atoms with E-state index in [0.29, 0.717) is 29.3 Å². The topological polar surface area (TPSA) is 115 Å². The lowest BCUT2D eigenvalue weighted by Crippen LogP contribution is -2.46. The van der Waals surface area contributed by atoms with Gasteiger partial charge in [0.2, 0.25) is 0 Å². The minimum atomic E-state index is -0.550. The molecule has 170 valence electrons. The van der Waals surface area contributed by atoms with Gasteiger partial charge in [-0.25, -0.2) is 4.79 Å². The average Bonchev–Trinajstić information content (AvgIpc) is 3.17. The van der Waals surface area contributed by atoms with Crippen molar-refractivity contribution in [3.63, 3.8) is 0 Å². The fraction of sp³-hybridized carbons (Fsp3) is 0.391. The lowest BCUT2D eigenvalue weighted by molar-refractivity contribution is -0.156. The van der Waals surface area contributed by atoms with E-state index in [-0.39, 0.29) is 43.2 Å². The second kappa shape index (κ2) is 9.46. The molecule has 9 heteroatoms. The number of benzene rings is 2. The summed E-state index contributed by atoms with van der Waals surface area (Å²) in [5.41, 5.74) is 2.15. The van der Waals surface area contributed by atoms with Gasteiger partial charge in [-0.2, -0.15) is 0 Å². The number of carbonyl (C=O) groups is 2. The second-order valence-corrected chi connectivity index (χ2v) is 7.74. The van der Waals surface area contributed by atoms with Crippen LogP contribution in [0.3, 0.4) is 0 Å². The molecule has 0 radical (unpaired) electrons. The highest BCUT2D eigenvalue weighted by Gasteiger charge is 2.46. The maximum absolute atomic E-state index is 12.4. The van der Waals surface area contributed by atoms with Crippen molar-refractivity contribution >= 4 is 23.4 Å². The largest absolute Gasteiger partial charge is 0.497 e. The molecule has 2 aromatic rings. The fourth-order valence-corrected chi connectivity index (χ4v) is 4.20. The van der Waals surface area contributed by atoms with E-state index in [1.54, 1.807) is 43.5 Å². The Morgan fingerprint density at radius 2 is 1.81 bits per heavy atom. The van der Waals surface area contributed by atoms with Gasteiger partial charge >= 0.3 is 12.0 Å². The molecule has 1 saturated heterocycles. The number of hydrogen-bond acceptors (Lipinski definition) is 7. The van der Waals surface area contributed by atoms with Crippen LogP contribution in [-0.2, 0) is 14.3 Å². The Morgan fingerprint density at radius 1 is 1.09 bits per heavy atom. The van der Waals surface area contributed by atoms with Crippen molar-refractivity contribution < 1.29 is 33.6 Å². The highest BCUT2D eigenvalue weighted by Crippen LogP contribution is 2.47. The first kappa shape index (κ1) is 21.9. The molecular formula is C23H26N2O7. The number of ether oxygens (including phenoxy) is 4. The number of hydrogen-bond donors (Lipinski definition) is 3. The van der Waals surface area contributed by atoms with Crippen LogP contribution < -0.4 is 20.1 Å². The zero-order valence-electron chi connectivity index (χ0n) is 17.9. The van der Waals surface area contributed by atoms with E-state index in [1.807, 2.05) is 6.07 Å². The second-order valence-electron chi connectivity index (χ2n) is 7.74. The molecule has 4 atom stereocenters. The zero-order chi connectivity index (χ0) is 22.7. The Kier molecular flexibility index (Phi) is 6.48. The standard InChI is InChI=1S/C23H26N2O7/c1-29-15-6-3-13(4-7-15)24-23(28)25-14-5-8-19-17(9-14)18-10-16(11-21(27)30-2)31-20(12-26)22(18)32-19/h3-9,16,18,20,22,26H,10-12H2,1-2H3,(H2,24,25,28)/t16-,18-,20-,22+/m1/s1. The van der Waals surface area contributed by atoms with Gasteiger partial charge in [0.25, 0.3) is 0 Å². The van der Waals surface area contributed by atoms with Crippen LogP contribution in [0.2, 0.25) is 0 Å². The number of amides is 2. The number of methoxy groups -OCH3 is 2. The van der Waals surface area contributed by atoms with Crippen LogP contribution in [0.15, 0.2) is 42.5 Å². The van der Waals surface area contributed by atoms with Gasteiger partial charge in [-0.3, -0.25) is 4.79 Å². The number of esters is 1. The molecule has 3 N–H and O–H groups in total. The molecule has 0 unspecified atom stereocenters. The predicted molar refractivity (Wildman–Crippen MR) is 116 cm³/mol. The summed E-state index contributed by atoms with van der Waals surface area (Å²) < 4.78 is 21.8. The van der Waals surface area contributed by atoms with Gasteiger partial charge in [-0.15, -0.1) is 0 Å². The van der Waals surface area contributed by atoms with Crippen LogP contribution in [0.1, 0.15) is 24.3 Å². The smallest absolute Gasteiger partial charge is 0.323 e. The SMILES string of the molecule is COC(=O)C[C@H]1C[C@@H]2c3cc(NC(=O)Nc4ccc(OC)cc4)ccc3O[C@@H]2[C@@H](CO)O1. The number of anilines is 2. The first-order valence-electron chi connectivity index (χ1n) is 10.4. The van der Waals surface area contributed by atoms with Gasteiger partial charge in [0.05, 0.1) is 33.4 Å². The van der Waals surface area contributed by atoms with Crippen LogP contribution in [0.25, 0.3) is 0 Å². The monoisotopic (exact) mass is 442 g/mol. The van der Waals surface area contributed by atoms with Crippen molar-refractivity contribution in [2.45, 2.75) is 37.1 Å². The summed E-state index contributed by atoms with van der Waals surface area (Å²) in [6, 6.07) is 12.0. The summed E-state index contributed by atoms with van der Waals surface area (Å²) in [5.74, 6) is 0.945. The Bertz CT molecular complexity index is 979. The predicted octanol–water partition coefficient (Wildman–Crippen LogP) is 2.90. The maximum Gasteiger partial charge on any atom is 0.323 e. The van der Waals surface area contributed by atoms with Gasteiger partial charge in [0.1, 0.15) is 23.7 Å². The normalized spacial score (nSPS) is 23.3. The van der Waals surface area contributed by atoms with Crippen LogP contribution in [0, 0.1) is 0 Å². The molecule has 4 rings (SSSR count). The Morgan fingerprint density at radius 3 is 2.50 bits per heavy atom. The minimum Gasteiger partial charge on any atom is -0.497 e. The number of carbonyl (C=O) groups excluding carboxylic acids is 2. The van der Waals surface area contributed by atoms with Gasteiger partial charge in [0, 0.05) is 22.9 Å². The summed E-state index contributed by atoms with van der Waals surface area (Å²) in [5, 5.41) is 15.4. The van der Waals surface area contributed by atoms with Gasteiger partial charge in [-0.05, 0) is 48.9 Å². The fourth-order valence-electron chi connectivity index (χ4n) is 4.20. The summed E-state index contributed by atoms with van der Waals surface area (Å²) in [6.45, 7) is -0.220. The highest BCUT2D eigenvalue weighted by atomic mass is 16.6. The lowest BCUT2D eigenvalue weighted by Gasteiger charge is -2.36. The number of nitrogens with one attached hydrogen (secondary N) is 2. The van der Waals surface area contributed by atoms with E-state index in [1.165, 1.54) is 7.11 Å². The first-order chi connectivity index (χ1) is 15.5. The minimum absolute atomic E-state index is 0.0723. The van der Waals surface area contributed by atoms with Crippen LogP contribution in [0.4, 0.5) is 16.2 Å². The van der Waals surface area contributed by atoms with Crippen LogP contribution in [0.5, 0.6) is 11.5 Å². The van der Waals surface area contributed by atoms with Crippen molar-refractivity contribution in [3.8, 4) is 11.5 Å². The van der Waals surface area contributed by atoms with E-state index in [2.05, 4.69) is 10.6 Å². The molecule has 2 aromatic carbocycles. The molecule has 2 amide bonds. The number of fused-ring (bicyclic) bond motifs is 3. The first-order valence-corrected chi connectivity index (χ1v) is 10.4. The van der Waals surface area contributed by atoms with Gasteiger partial charge in [0.15, 0.2) is 0 Å². The molecule has 0 spiro atoms. The van der Waals surface area contributed by atoms with Crippen LogP contribution >= 0.6 is 0 Å². The molecule has 32 heavy (non-hydrogen) atoms. The third kappa shape index (κ3) is 4.63. The van der Waals surface area contributed by atoms with E-state index < -0.39 is 6.10 Å². The van der Waals surface area contributed by atoms with Crippen molar-refractivity contribution in [1.82, 2.24) is 0 Å². The number of aliphatic hydroxyl groups excluding tert-OH is 1. The van der Waals surface area contributed by atoms with Crippen molar-refractivity contribution in [1.29, 1.82) is 0 Å². The average molecular weight is 442 g/mol. The molecule has 2 heterocycles. The van der Waals surface area contributed by atoms with Crippen molar-refractivity contribution in [2.24, 2.45) is 0 Å². The summed E-state index contributed by atoms with van der Waals surface area (Å²) >= 11 is 0. The van der Waals surface area contributed by atoms with Crippen molar-refractivity contribution in [2.75, 3.05) is 31.5 Å². The van der Waals surface area contributed by atoms with E-state index >= 15 is 0 Å². The molecule has 0 saturated carbocycles. The summed E-state index contributed by atoms with van der Waals surface area (Å²) in [7, 11) is 2.91. The Hall–Kier alpha value is -3.30. The Labute approximate surface area is 185 Å². The van der Waals surface area contributed by atoms with E-state index in [9.17, 15) is 14.7 Å². The summed E-state index contributed by atoms with van der Waals surface area (Å²) in [6.07, 6.45) is -0.637. The quantitative estimate of drug-likeness (QED) is 0.589. The van der Waals surface area contributed by atoms with Gasteiger partial charge < -0.3 is 34.7 Å². The molecule has 0 bridgehead atoms. The lowest BCUT2D eigenvalue weighted by atomic mass is 9.84. The molecule has 9 nitrogen and oxygen atoms in total. The molecular weight excluding hydrogens is 416 g/mol. The number of aliphatic hydroxyl groups is 1. The molecule has 0 aromatic heterocycles. The Balaban J connectivity index is 1.46. The van der Waals surface area contributed by atoms with E-state index in [0.717, 1.165) is 5.56 Å². The molecule has 0 aliphatic carbocycles. The summed E-state index contributed by atoms with van der Waals surface area (Å²) in [4.78, 5) is 24.2. The molecule has 2 aliphatic heterocycles. The van der Waals surface area contributed by atoms with Crippen molar-refractivity contribution in [3.05, 3.63) is 48.0 Å². The number of urea groups is 1. The zero-order valence-corrected chi connectivity index (χ0v) is 17.9. The highest BCUT2D eigenvalue weighted by molar-refractivity contribution is 5.99. The third-order valence-corrected chi connectivity index (χ3v) is 5.73. The number of rotatable bonds is 6.